The van der Waals surface area contributed by atoms with Gasteiger partial charge in [-0.05, 0) is 22.4 Å². The van der Waals surface area contributed by atoms with Crippen LogP contribution < -0.4 is 11.1 Å². The van der Waals surface area contributed by atoms with Crippen LogP contribution in [0, 0.1) is 0 Å². The smallest absolute Gasteiger partial charge is 0.244 e. The van der Waals surface area contributed by atoms with Crippen molar-refractivity contribution in [2.45, 2.75) is 13.0 Å². The molecule has 0 heterocycles. The fraction of sp³-hybridized carbons (Fsp3) is 0.143. The van der Waals surface area contributed by atoms with Crippen molar-refractivity contribution in [2.24, 2.45) is 5.73 Å². The average molecular weight is 242 g/mol. The van der Waals surface area contributed by atoms with Gasteiger partial charge in [0.05, 0.1) is 0 Å². The Morgan fingerprint density at radius 3 is 2.39 bits per heavy atom. The number of carbonyl (C=O) groups excluding carboxylic acids is 2. The highest BCUT2D eigenvalue weighted by Crippen LogP contribution is 2.20. The molecule has 0 fully saturated rings. The highest BCUT2D eigenvalue weighted by atomic mass is 16.2. The van der Waals surface area contributed by atoms with Crippen LogP contribution in [0.4, 0.5) is 0 Å². The molecule has 0 saturated carbocycles. The summed E-state index contributed by atoms with van der Waals surface area (Å²) in [6.45, 7) is 1.36. The Morgan fingerprint density at radius 1 is 1.11 bits per heavy atom. The van der Waals surface area contributed by atoms with Gasteiger partial charge in [0.25, 0.3) is 0 Å². The zero-order valence-electron chi connectivity index (χ0n) is 10.0. The Morgan fingerprint density at radius 2 is 1.78 bits per heavy atom. The molecule has 0 aliphatic rings. The topological polar surface area (TPSA) is 72.2 Å². The van der Waals surface area contributed by atoms with E-state index in [0.717, 1.165) is 10.8 Å². The summed E-state index contributed by atoms with van der Waals surface area (Å²) in [5.74, 6) is -0.854. The molecule has 92 valence electrons. The second kappa shape index (κ2) is 4.87. The molecule has 4 nitrogen and oxygen atoms in total. The Kier molecular flexibility index (Phi) is 3.28. The lowest BCUT2D eigenvalue weighted by Crippen LogP contribution is -2.36. The minimum atomic E-state index is -0.785. The fourth-order valence-electron chi connectivity index (χ4n) is 1.91. The second-order valence-corrected chi connectivity index (χ2v) is 4.14. The number of amides is 2. The van der Waals surface area contributed by atoms with Crippen LogP contribution in [0.3, 0.4) is 0 Å². The summed E-state index contributed by atoms with van der Waals surface area (Å²) in [4.78, 5) is 22.5. The van der Waals surface area contributed by atoms with Crippen LogP contribution in [0.2, 0.25) is 0 Å². The summed E-state index contributed by atoms with van der Waals surface area (Å²) in [6.07, 6.45) is 0. The zero-order valence-corrected chi connectivity index (χ0v) is 10.0. The van der Waals surface area contributed by atoms with Crippen LogP contribution in [0.25, 0.3) is 10.8 Å². The number of hydrogen-bond acceptors (Lipinski definition) is 2. The molecule has 1 atom stereocenters. The quantitative estimate of drug-likeness (QED) is 0.856. The summed E-state index contributed by atoms with van der Waals surface area (Å²) in [5, 5.41) is 4.63. The van der Waals surface area contributed by atoms with Gasteiger partial charge >= 0.3 is 0 Å². The molecule has 4 heteroatoms. The predicted molar refractivity (Wildman–Crippen MR) is 69.7 cm³/mol. The van der Waals surface area contributed by atoms with Crippen LogP contribution >= 0.6 is 0 Å². The number of benzene rings is 2. The first-order valence-corrected chi connectivity index (χ1v) is 5.63. The standard InChI is InChI=1S/C14H14N2O2/c1-9(17)16-13(14(15)18)12-7-6-10-4-2-3-5-11(10)8-12/h2-8,13H,1H3,(H2,15,18)(H,16,17). The van der Waals surface area contributed by atoms with Gasteiger partial charge in [0, 0.05) is 6.92 Å². The van der Waals surface area contributed by atoms with Gasteiger partial charge in [0.15, 0.2) is 0 Å². The Bertz CT molecular complexity index is 608. The highest BCUT2D eigenvalue weighted by Gasteiger charge is 2.18. The summed E-state index contributed by atoms with van der Waals surface area (Å²) < 4.78 is 0. The van der Waals surface area contributed by atoms with Crippen LogP contribution in [0.15, 0.2) is 42.5 Å². The van der Waals surface area contributed by atoms with Gasteiger partial charge in [-0.25, -0.2) is 0 Å². The molecule has 2 aromatic rings. The molecule has 3 N–H and O–H groups in total. The third-order valence-corrected chi connectivity index (χ3v) is 2.74. The van der Waals surface area contributed by atoms with Gasteiger partial charge in [0.2, 0.25) is 11.8 Å². The number of nitrogens with one attached hydrogen (secondary N) is 1. The van der Waals surface area contributed by atoms with Crippen LogP contribution in [-0.4, -0.2) is 11.8 Å². The molecule has 0 saturated heterocycles. The van der Waals surface area contributed by atoms with Crippen molar-refractivity contribution in [3.8, 4) is 0 Å². The molecule has 18 heavy (non-hydrogen) atoms. The average Bonchev–Trinajstić information content (AvgIpc) is 2.35. The maximum atomic E-state index is 11.4. The van der Waals surface area contributed by atoms with E-state index in [1.807, 2.05) is 36.4 Å². The molecule has 2 rings (SSSR count). The SMILES string of the molecule is CC(=O)NC(C(N)=O)c1ccc2ccccc2c1. The van der Waals surface area contributed by atoms with Gasteiger partial charge in [-0.15, -0.1) is 0 Å². The van der Waals surface area contributed by atoms with E-state index >= 15 is 0 Å². The van der Waals surface area contributed by atoms with E-state index in [4.69, 9.17) is 5.73 Å². The molecular formula is C14H14N2O2. The van der Waals surface area contributed by atoms with E-state index in [1.165, 1.54) is 6.92 Å². The number of rotatable bonds is 3. The molecule has 2 amide bonds. The summed E-state index contributed by atoms with van der Waals surface area (Å²) >= 11 is 0. The van der Waals surface area contributed by atoms with E-state index in [0.29, 0.717) is 5.56 Å². The molecule has 0 bridgehead atoms. The van der Waals surface area contributed by atoms with Gasteiger partial charge in [-0.2, -0.15) is 0 Å². The molecule has 0 aliphatic carbocycles. The van der Waals surface area contributed by atoms with Crippen molar-refractivity contribution in [3.05, 3.63) is 48.0 Å². The monoisotopic (exact) mass is 242 g/mol. The van der Waals surface area contributed by atoms with Crippen LogP contribution in [0.1, 0.15) is 18.5 Å². The van der Waals surface area contributed by atoms with Gasteiger partial charge in [-0.1, -0.05) is 36.4 Å². The largest absolute Gasteiger partial charge is 0.368 e. The maximum Gasteiger partial charge on any atom is 0.244 e. The van der Waals surface area contributed by atoms with Gasteiger partial charge in [0.1, 0.15) is 6.04 Å². The van der Waals surface area contributed by atoms with Crippen molar-refractivity contribution in [3.63, 3.8) is 0 Å². The van der Waals surface area contributed by atoms with Crippen LogP contribution in [0.5, 0.6) is 0 Å². The predicted octanol–water partition coefficient (Wildman–Crippen LogP) is 1.50. The van der Waals surface area contributed by atoms with Crippen molar-refractivity contribution in [1.82, 2.24) is 5.32 Å². The fourth-order valence-corrected chi connectivity index (χ4v) is 1.91. The first kappa shape index (κ1) is 12.1. The third kappa shape index (κ3) is 2.48. The van der Waals surface area contributed by atoms with E-state index in [1.54, 1.807) is 6.07 Å². The number of carbonyl (C=O) groups is 2. The van der Waals surface area contributed by atoms with Crippen molar-refractivity contribution in [1.29, 1.82) is 0 Å². The van der Waals surface area contributed by atoms with Crippen molar-refractivity contribution in [2.75, 3.05) is 0 Å². The van der Waals surface area contributed by atoms with Gasteiger partial charge in [-0.3, -0.25) is 9.59 Å². The van der Waals surface area contributed by atoms with Gasteiger partial charge < -0.3 is 11.1 Å². The molecule has 1 unspecified atom stereocenters. The van der Waals surface area contributed by atoms with E-state index < -0.39 is 11.9 Å². The number of fused-ring (bicyclic) bond motifs is 1. The molecule has 0 spiro atoms. The molecule has 2 aromatic carbocycles. The highest BCUT2D eigenvalue weighted by molar-refractivity contribution is 5.89. The Balaban J connectivity index is 2.44. The van der Waals surface area contributed by atoms with Crippen LogP contribution in [-0.2, 0) is 9.59 Å². The minimum absolute atomic E-state index is 0.285. The number of nitrogens with two attached hydrogens (primary N) is 1. The summed E-state index contributed by atoms with van der Waals surface area (Å²) in [5.41, 5.74) is 6.00. The normalized spacial score (nSPS) is 12.1. The van der Waals surface area contributed by atoms with Crippen molar-refractivity contribution < 1.29 is 9.59 Å². The van der Waals surface area contributed by atoms with Crippen molar-refractivity contribution >= 4 is 22.6 Å². The number of primary amides is 1. The summed E-state index contributed by atoms with van der Waals surface area (Å²) in [7, 11) is 0. The number of hydrogen-bond donors (Lipinski definition) is 2. The molecule has 0 radical (unpaired) electrons. The maximum absolute atomic E-state index is 11.4. The second-order valence-electron chi connectivity index (χ2n) is 4.14. The van der Waals surface area contributed by atoms with E-state index in [9.17, 15) is 9.59 Å². The molecule has 0 aliphatic heterocycles. The minimum Gasteiger partial charge on any atom is -0.368 e. The first-order valence-electron chi connectivity index (χ1n) is 5.63. The first-order chi connectivity index (χ1) is 8.58. The van der Waals surface area contributed by atoms with E-state index in [-0.39, 0.29) is 5.91 Å². The Hall–Kier alpha value is -2.36. The lowest BCUT2D eigenvalue weighted by Gasteiger charge is -2.15. The molecular weight excluding hydrogens is 228 g/mol. The Labute approximate surface area is 105 Å². The zero-order chi connectivity index (χ0) is 13.1. The third-order valence-electron chi connectivity index (χ3n) is 2.74. The lowest BCUT2D eigenvalue weighted by atomic mass is 10.0. The summed E-state index contributed by atoms with van der Waals surface area (Å²) in [6, 6.07) is 12.6. The lowest BCUT2D eigenvalue weighted by molar-refractivity contribution is -0.126. The molecule has 0 aromatic heterocycles. The van der Waals surface area contributed by atoms with E-state index in [2.05, 4.69) is 5.32 Å².